The quantitative estimate of drug-likeness (QED) is 0.504. The van der Waals surface area contributed by atoms with Crippen molar-refractivity contribution in [1.82, 2.24) is 10.3 Å². The number of nitrogens with zero attached hydrogens (tertiary/aromatic N) is 3. The first-order valence-corrected chi connectivity index (χ1v) is 4.82. The van der Waals surface area contributed by atoms with E-state index < -0.39 is 0 Å². The van der Waals surface area contributed by atoms with E-state index in [1.54, 1.807) is 0 Å². The van der Waals surface area contributed by atoms with Crippen molar-refractivity contribution in [2.24, 2.45) is 4.99 Å². The molecule has 3 aliphatic rings. The third kappa shape index (κ3) is 0.784. The van der Waals surface area contributed by atoms with Gasteiger partial charge in [0, 0.05) is 19.4 Å². The van der Waals surface area contributed by atoms with Crippen molar-refractivity contribution in [3.63, 3.8) is 0 Å². The van der Waals surface area contributed by atoms with Crippen LogP contribution in [0.1, 0.15) is 12.8 Å². The van der Waals surface area contributed by atoms with Crippen LogP contribution in [-0.4, -0.2) is 48.3 Å². The first-order chi connectivity index (χ1) is 5.88. The highest BCUT2D eigenvalue weighted by molar-refractivity contribution is 5.81. The minimum Gasteiger partial charge on any atom is -0.288 e. The van der Waals surface area contributed by atoms with Crippen LogP contribution < -0.4 is 5.43 Å². The topological polar surface area (TPSA) is 27.6 Å². The lowest BCUT2D eigenvalue weighted by atomic mass is 10.4. The van der Waals surface area contributed by atoms with Gasteiger partial charge in [0.15, 0.2) is 6.67 Å². The summed E-state index contributed by atoms with van der Waals surface area (Å²) in [5.74, 6) is 1.15. The number of rotatable bonds is 0. The fraction of sp³-hybridized carbons (Fsp3) is 0.875. The Labute approximate surface area is 72.4 Å². The maximum Gasteiger partial charge on any atom is 0.245 e. The summed E-state index contributed by atoms with van der Waals surface area (Å²) in [5.41, 5.74) is 3.54. The van der Waals surface area contributed by atoms with Crippen molar-refractivity contribution < 1.29 is 4.59 Å². The molecule has 0 aromatic heterocycles. The molecule has 0 radical (unpaired) electrons. The van der Waals surface area contributed by atoms with E-state index in [0.717, 1.165) is 30.3 Å². The van der Waals surface area contributed by atoms with Crippen LogP contribution in [-0.2, 0) is 0 Å². The first-order valence-electron chi connectivity index (χ1n) is 4.82. The minimum atomic E-state index is 0.988. The summed E-state index contributed by atoms with van der Waals surface area (Å²) in [6.45, 7) is 5.84. The molecule has 0 aromatic rings. The van der Waals surface area contributed by atoms with E-state index in [-0.39, 0.29) is 0 Å². The van der Waals surface area contributed by atoms with Crippen molar-refractivity contribution in [1.29, 1.82) is 0 Å². The Kier molecular flexibility index (Phi) is 1.19. The second-order valence-corrected chi connectivity index (χ2v) is 4.02. The SMILES string of the molecule is C1CC[N+]2(C1)CN1CCN=C1N2. The van der Waals surface area contributed by atoms with Crippen molar-refractivity contribution >= 4 is 5.96 Å². The van der Waals surface area contributed by atoms with Gasteiger partial charge in [0.25, 0.3) is 0 Å². The number of fused-ring (bicyclic) bond motifs is 1. The van der Waals surface area contributed by atoms with Gasteiger partial charge in [0.1, 0.15) is 13.1 Å². The molecule has 3 aliphatic heterocycles. The number of nitrogens with one attached hydrogen (secondary N) is 1. The molecule has 0 saturated carbocycles. The fourth-order valence-corrected chi connectivity index (χ4v) is 2.49. The predicted octanol–water partition coefficient (Wildman–Crippen LogP) is -0.256. The van der Waals surface area contributed by atoms with E-state index >= 15 is 0 Å². The summed E-state index contributed by atoms with van der Waals surface area (Å²) in [4.78, 5) is 6.81. The molecule has 4 heteroatoms. The summed E-state index contributed by atoms with van der Waals surface area (Å²) in [7, 11) is 0. The number of hydrogen-bond donors (Lipinski definition) is 1. The van der Waals surface area contributed by atoms with Crippen molar-refractivity contribution in [2.45, 2.75) is 12.8 Å². The maximum absolute atomic E-state index is 4.43. The zero-order chi connectivity index (χ0) is 8.02. The molecular formula is C8H15N4+. The van der Waals surface area contributed by atoms with E-state index in [1.807, 2.05) is 0 Å². The molecule has 0 unspecified atom stereocenters. The molecule has 2 fully saturated rings. The molecule has 1 spiro atoms. The Balaban J connectivity index is 1.85. The minimum absolute atomic E-state index is 0.988. The van der Waals surface area contributed by atoms with Gasteiger partial charge in [0.05, 0.1) is 6.54 Å². The monoisotopic (exact) mass is 167 g/mol. The molecular weight excluding hydrogens is 152 g/mol. The van der Waals surface area contributed by atoms with E-state index in [2.05, 4.69) is 15.3 Å². The highest BCUT2D eigenvalue weighted by Crippen LogP contribution is 2.23. The van der Waals surface area contributed by atoms with Gasteiger partial charge < -0.3 is 0 Å². The normalized spacial score (nSPS) is 30.7. The number of aliphatic imine (C=N–C) groups is 1. The Morgan fingerprint density at radius 1 is 1.33 bits per heavy atom. The molecule has 0 amide bonds. The van der Waals surface area contributed by atoms with Crippen molar-refractivity contribution in [3.8, 4) is 0 Å². The van der Waals surface area contributed by atoms with Crippen LogP contribution in [0.25, 0.3) is 0 Å². The molecule has 0 bridgehead atoms. The standard InChI is InChI=1S/C8H15N4/c1-2-6-12(5-1)7-11-4-3-9-8(11)10-12/h1-7H2,(H,9,10)/q+1. The predicted molar refractivity (Wildman–Crippen MR) is 46.2 cm³/mol. The smallest absolute Gasteiger partial charge is 0.245 e. The van der Waals surface area contributed by atoms with E-state index in [0.29, 0.717) is 0 Å². The van der Waals surface area contributed by atoms with Crippen LogP contribution in [0.3, 0.4) is 0 Å². The molecule has 1 N–H and O–H groups in total. The van der Waals surface area contributed by atoms with Crippen LogP contribution in [0, 0.1) is 0 Å². The van der Waals surface area contributed by atoms with Crippen LogP contribution in [0.4, 0.5) is 0 Å². The molecule has 0 aromatic carbocycles. The highest BCUT2D eigenvalue weighted by Gasteiger charge is 2.44. The second kappa shape index (κ2) is 2.13. The molecule has 0 atom stereocenters. The van der Waals surface area contributed by atoms with Crippen molar-refractivity contribution in [3.05, 3.63) is 0 Å². The van der Waals surface area contributed by atoms with Gasteiger partial charge in [-0.15, -0.1) is 0 Å². The Morgan fingerprint density at radius 3 is 2.92 bits per heavy atom. The third-order valence-electron chi connectivity index (χ3n) is 3.13. The second-order valence-electron chi connectivity index (χ2n) is 4.02. The lowest BCUT2D eigenvalue weighted by Crippen LogP contribution is -2.52. The Morgan fingerprint density at radius 2 is 2.17 bits per heavy atom. The molecule has 4 nitrogen and oxygen atoms in total. The summed E-state index contributed by atoms with van der Waals surface area (Å²) >= 11 is 0. The van der Waals surface area contributed by atoms with Gasteiger partial charge in [-0.2, -0.15) is 0 Å². The largest absolute Gasteiger partial charge is 0.288 e. The fourth-order valence-electron chi connectivity index (χ4n) is 2.49. The van der Waals surface area contributed by atoms with E-state index in [1.165, 1.54) is 25.9 Å². The molecule has 66 valence electrons. The molecule has 3 heterocycles. The third-order valence-corrected chi connectivity index (χ3v) is 3.13. The summed E-state index contributed by atoms with van der Waals surface area (Å²) in [6, 6.07) is 0. The van der Waals surface area contributed by atoms with Crippen LogP contribution in [0.15, 0.2) is 4.99 Å². The average Bonchev–Trinajstić information content (AvgIpc) is 2.66. The zero-order valence-electron chi connectivity index (χ0n) is 7.29. The molecule has 2 saturated heterocycles. The van der Waals surface area contributed by atoms with Crippen LogP contribution in [0.2, 0.25) is 0 Å². The Bertz CT molecular complexity index is 229. The van der Waals surface area contributed by atoms with Crippen molar-refractivity contribution in [2.75, 3.05) is 32.8 Å². The van der Waals surface area contributed by atoms with Gasteiger partial charge in [-0.1, -0.05) is 0 Å². The highest BCUT2D eigenvalue weighted by atomic mass is 15.8. The zero-order valence-corrected chi connectivity index (χ0v) is 7.29. The Hall–Kier alpha value is -0.770. The van der Waals surface area contributed by atoms with Crippen LogP contribution >= 0.6 is 0 Å². The molecule has 0 aliphatic carbocycles. The number of guanidine groups is 1. The number of hydrogen-bond acceptors (Lipinski definition) is 3. The van der Waals surface area contributed by atoms with E-state index in [9.17, 15) is 0 Å². The lowest BCUT2D eigenvalue weighted by Gasteiger charge is -2.26. The summed E-state index contributed by atoms with van der Waals surface area (Å²) in [6.07, 6.45) is 2.74. The maximum atomic E-state index is 4.43. The van der Waals surface area contributed by atoms with E-state index in [4.69, 9.17) is 0 Å². The van der Waals surface area contributed by atoms with Gasteiger partial charge in [-0.05, 0) is 0 Å². The van der Waals surface area contributed by atoms with Gasteiger partial charge in [-0.3, -0.25) is 4.90 Å². The van der Waals surface area contributed by atoms with Crippen LogP contribution in [0.5, 0.6) is 0 Å². The summed E-state index contributed by atoms with van der Waals surface area (Å²) in [5, 5.41) is 0. The van der Waals surface area contributed by atoms with Gasteiger partial charge in [0.2, 0.25) is 5.96 Å². The summed E-state index contributed by atoms with van der Waals surface area (Å²) < 4.78 is 1.08. The lowest BCUT2D eigenvalue weighted by molar-refractivity contribution is -0.946. The molecule has 3 rings (SSSR count). The molecule has 12 heavy (non-hydrogen) atoms. The number of quaternary nitrogens is 1. The van der Waals surface area contributed by atoms with Gasteiger partial charge in [-0.25, -0.2) is 15.0 Å². The first kappa shape index (κ1) is 6.71. The van der Waals surface area contributed by atoms with Gasteiger partial charge >= 0.3 is 0 Å². The average molecular weight is 167 g/mol.